The molecule has 0 fully saturated rings. The second-order valence-electron chi connectivity index (χ2n) is 7.15. The van der Waals surface area contributed by atoms with Crippen LogP contribution in [0.5, 0.6) is 0 Å². The van der Waals surface area contributed by atoms with Crippen LogP contribution in [0.15, 0.2) is 36.9 Å². The molecule has 0 radical (unpaired) electrons. The van der Waals surface area contributed by atoms with Crippen molar-refractivity contribution in [3.63, 3.8) is 0 Å². The Balaban J connectivity index is 1.95. The highest BCUT2D eigenvalue weighted by atomic mass is 16.2. The van der Waals surface area contributed by atoms with E-state index in [-0.39, 0.29) is 18.4 Å². The zero-order valence-electron chi connectivity index (χ0n) is 17.0. The van der Waals surface area contributed by atoms with Crippen LogP contribution in [0.3, 0.4) is 0 Å². The molecule has 150 valence electrons. The lowest BCUT2D eigenvalue weighted by Gasteiger charge is -2.09. The summed E-state index contributed by atoms with van der Waals surface area (Å²) >= 11 is 0. The van der Waals surface area contributed by atoms with Gasteiger partial charge in [0.15, 0.2) is 0 Å². The first-order valence-electron chi connectivity index (χ1n) is 9.38. The van der Waals surface area contributed by atoms with E-state index in [1.54, 1.807) is 30.3 Å². The topological polar surface area (TPSA) is 88.1 Å². The first kappa shape index (κ1) is 21.2. The molecular weight excluding hydrogens is 354 g/mol. The molecule has 0 aliphatic rings. The van der Waals surface area contributed by atoms with E-state index in [2.05, 4.69) is 41.5 Å². The lowest BCUT2D eigenvalue weighted by Crippen LogP contribution is -2.28. The molecule has 0 aliphatic carbocycles. The Labute approximate surface area is 166 Å². The van der Waals surface area contributed by atoms with Gasteiger partial charge in [-0.3, -0.25) is 9.48 Å². The Kier molecular flexibility index (Phi) is 7.37. The van der Waals surface area contributed by atoms with Crippen LogP contribution >= 0.6 is 0 Å². The minimum Gasteiger partial charge on any atom is -0.334 e. The van der Waals surface area contributed by atoms with Crippen molar-refractivity contribution < 1.29 is 9.59 Å². The van der Waals surface area contributed by atoms with Gasteiger partial charge in [-0.05, 0) is 44.0 Å². The van der Waals surface area contributed by atoms with Crippen molar-refractivity contribution in [2.45, 2.75) is 40.7 Å². The Bertz CT molecular complexity index is 837. The van der Waals surface area contributed by atoms with Crippen molar-refractivity contribution >= 4 is 23.3 Å². The van der Waals surface area contributed by atoms with E-state index < -0.39 is 0 Å². The molecule has 0 atom stereocenters. The number of aryl methyl sites for hydroxylation is 1. The highest BCUT2D eigenvalue weighted by Gasteiger charge is 2.15. The van der Waals surface area contributed by atoms with E-state index in [0.717, 1.165) is 23.5 Å². The summed E-state index contributed by atoms with van der Waals surface area (Å²) in [6, 6.07) is 6.67. The van der Waals surface area contributed by atoms with Crippen LogP contribution < -0.4 is 16.0 Å². The van der Waals surface area contributed by atoms with E-state index >= 15 is 0 Å². The number of hydrogen-bond acceptors (Lipinski definition) is 3. The van der Waals surface area contributed by atoms with Gasteiger partial charge in [0.1, 0.15) is 0 Å². The number of amides is 3. The molecule has 0 aliphatic heterocycles. The Morgan fingerprint density at radius 3 is 2.32 bits per heavy atom. The van der Waals surface area contributed by atoms with Crippen molar-refractivity contribution in [3.8, 4) is 0 Å². The Hall–Kier alpha value is -3.09. The van der Waals surface area contributed by atoms with Crippen molar-refractivity contribution in [1.29, 1.82) is 0 Å². The van der Waals surface area contributed by atoms with E-state index in [9.17, 15) is 9.59 Å². The van der Waals surface area contributed by atoms with Gasteiger partial charge in [0.2, 0.25) is 5.91 Å². The molecule has 7 heteroatoms. The standard InChI is InChI=1S/C21H29N5O2/c1-6-11-22-21(28)24-18-9-7-17(8-10-18)23-20(27)12-19-15(4)25-26(16(19)5)13-14(2)3/h6-10,14H,1,11-13H2,2-5H3,(H,23,27)(H2,22,24,28). The fourth-order valence-corrected chi connectivity index (χ4v) is 2.86. The third-order valence-electron chi connectivity index (χ3n) is 4.24. The number of nitrogens with one attached hydrogen (secondary N) is 3. The summed E-state index contributed by atoms with van der Waals surface area (Å²) < 4.78 is 1.97. The second-order valence-corrected chi connectivity index (χ2v) is 7.15. The maximum absolute atomic E-state index is 12.5. The first-order valence-corrected chi connectivity index (χ1v) is 9.38. The van der Waals surface area contributed by atoms with Crippen molar-refractivity contribution in [2.24, 2.45) is 5.92 Å². The van der Waals surface area contributed by atoms with Gasteiger partial charge in [0.25, 0.3) is 0 Å². The summed E-state index contributed by atoms with van der Waals surface area (Å²) in [5.74, 6) is 0.394. The van der Waals surface area contributed by atoms with Gasteiger partial charge in [0, 0.05) is 35.7 Å². The number of hydrogen-bond donors (Lipinski definition) is 3. The fourth-order valence-electron chi connectivity index (χ4n) is 2.86. The summed E-state index contributed by atoms with van der Waals surface area (Å²) in [6.45, 7) is 13.0. The van der Waals surface area contributed by atoms with Crippen molar-refractivity contribution in [3.05, 3.63) is 53.9 Å². The summed E-state index contributed by atoms with van der Waals surface area (Å²) in [7, 11) is 0. The fraction of sp³-hybridized carbons (Fsp3) is 0.381. The predicted molar refractivity (Wildman–Crippen MR) is 113 cm³/mol. The van der Waals surface area contributed by atoms with E-state index in [0.29, 0.717) is 23.8 Å². The summed E-state index contributed by atoms with van der Waals surface area (Å²) in [5, 5.41) is 12.8. The van der Waals surface area contributed by atoms with E-state index in [4.69, 9.17) is 0 Å². The van der Waals surface area contributed by atoms with Crippen LogP contribution in [0.2, 0.25) is 0 Å². The number of nitrogens with zero attached hydrogens (tertiary/aromatic N) is 2. The summed E-state index contributed by atoms with van der Waals surface area (Å²) in [5.41, 5.74) is 4.20. The van der Waals surface area contributed by atoms with Gasteiger partial charge >= 0.3 is 6.03 Å². The summed E-state index contributed by atoms with van der Waals surface area (Å²) in [6.07, 6.45) is 1.88. The second kappa shape index (κ2) is 9.73. The molecule has 0 unspecified atom stereocenters. The molecule has 0 saturated carbocycles. The van der Waals surface area contributed by atoms with Gasteiger partial charge in [-0.1, -0.05) is 19.9 Å². The van der Waals surface area contributed by atoms with Gasteiger partial charge in [-0.25, -0.2) is 4.79 Å². The third-order valence-corrected chi connectivity index (χ3v) is 4.24. The highest BCUT2D eigenvalue weighted by molar-refractivity contribution is 5.93. The molecular formula is C21H29N5O2. The molecule has 2 aromatic rings. The van der Waals surface area contributed by atoms with Crippen molar-refractivity contribution in [2.75, 3.05) is 17.2 Å². The zero-order valence-corrected chi connectivity index (χ0v) is 17.0. The maximum Gasteiger partial charge on any atom is 0.319 e. The molecule has 0 spiro atoms. The van der Waals surface area contributed by atoms with Crippen LogP contribution in [-0.4, -0.2) is 28.3 Å². The number of aromatic nitrogens is 2. The van der Waals surface area contributed by atoms with Gasteiger partial charge in [-0.15, -0.1) is 6.58 Å². The SMILES string of the molecule is C=CCNC(=O)Nc1ccc(NC(=O)Cc2c(C)nn(CC(C)C)c2C)cc1. The van der Waals surface area contributed by atoms with Crippen LogP contribution in [0.25, 0.3) is 0 Å². The molecule has 3 amide bonds. The molecule has 1 aromatic heterocycles. The maximum atomic E-state index is 12.5. The van der Waals surface area contributed by atoms with E-state index in [1.165, 1.54) is 0 Å². The van der Waals surface area contributed by atoms with Crippen molar-refractivity contribution in [1.82, 2.24) is 15.1 Å². The molecule has 1 aromatic carbocycles. The smallest absolute Gasteiger partial charge is 0.319 e. The highest BCUT2D eigenvalue weighted by Crippen LogP contribution is 2.17. The minimum atomic E-state index is -0.305. The van der Waals surface area contributed by atoms with Crippen LogP contribution in [0.4, 0.5) is 16.2 Å². The quantitative estimate of drug-likeness (QED) is 0.608. The van der Waals surface area contributed by atoms with Gasteiger partial charge < -0.3 is 16.0 Å². The number of urea groups is 1. The predicted octanol–water partition coefficient (Wildman–Crippen LogP) is 3.64. The normalized spacial score (nSPS) is 10.6. The lowest BCUT2D eigenvalue weighted by atomic mass is 10.1. The minimum absolute atomic E-state index is 0.0975. The monoisotopic (exact) mass is 383 g/mol. The first-order chi connectivity index (χ1) is 13.3. The molecule has 7 nitrogen and oxygen atoms in total. The molecule has 3 N–H and O–H groups in total. The number of carbonyl (C=O) groups is 2. The van der Waals surface area contributed by atoms with Crippen LogP contribution in [0.1, 0.15) is 30.8 Å². The molecule has 0 saturated heterocycles. The summed E-state index contributed by atoms with van der Waals surface area (Å²) in [4.78, 5) is 24.1. The largest absolute Gasteiger partial charge is 0.334 e. The number of rotatable bonds is 8. The molecule has 1 heterocycles. The average molecular weight is 383 g/mol. The molecule has 0 bridgehead atoms. The zero-order chi connectivity index (χ0) is 20.7. The van der Waals surface area contributed by atoms with E-state index in [1.807, 2.05) is 18.5 Å². The number of carbonyl (C=O) groups excluding carboxylic acids is 2. The van der Waals surface area contributed by atoms with Gasteiger partial charge in [-0.2, -0.15) is 5.10 Å². The Morgan fingerprint density at radius 2 is 1.75 bits per heavy atom. The third kappa shape index (κ3) is 5.97. The average Bonchev–Trinajstić information content (AvgIpc) is 2.88. The van der Waals surface area contributed by atoms with Crippen LogP contribution in [-0.2, 0) is 17.8 Å². The number of benzene rings is 1. The number of anilines is 2. The van der Waals surface area contributed by atoms with Gasteiger partial charge in [0.05, 0.1) is 12.1 Å². The van der Waals surface area contributed by atoms with Crippen LogP contribution in [0, 0.1) is 19.8 Å². The lowest BCUT2D eigenvalue weighted by molar-refractivity contribution is -0.115. The molecule has 28 heavy (non-hydrogen) atoms. The molecule has 2 rings (SSSR count). The Morgan fingerprint density at radius 1 is 1.14 bits per heavy atom.